The van der Waals surface area contributed by atoms with Crippen molar-refractivity contribution in [1.82, 2.24) is 4.90 Å². The van der Waals surface area contributed by atoms with E-state index in [-0.39, 0.29) is 12.4 Å². The smallest absolute Gasteiger partial charge is 0.00213 e. The highest BCUT2D eigenvalue weighted by Gasteiger charge is 2.03. The van der Waals surface area contributed by atoms with Gasteiger partial charge in [-0.1, -0.05) is 26.7 Å². The second kappa shape index (κ2) is 10.2. The molecule has 0 aliphatic carbocycles. The second-order valence-corrected chi connectivity index (χ2v) is 3.01. The average molecular weight is 180 g/mol. The van der Waals surface area contributed by atoms with Gasteiger partial charge in [0.2, 0.25) is 0 Å². The van der Waals surface area contributed by atoms with Gasteiger partial charge in [0.15, 0.2) is 0 Å². The highest BCUT2D eigenvalue weighted by atomic mass is 35.5. The first-order chi connectivity index (χ1) is 4.81. The fraction of sp³-hybridized carbons (Fsp3) is 1.00. The van der Waals surface area contributed by atoms with Gasteiger partial charge in [-0.25, -0.2) is 0 Å². The van der Waals surface area contributed by atoms with Crippen LogP contribution in [0, 0.1) is 0 Å². The predicted molar refractivity (Wildman–Crippen MR) is 54.6 cm³/mol. The van der Waals surface area contributed by atoms with E-state index in [9.17, 15) is 0 Å². The van der Waals surface area contributed by atoms with Crippen molar-refractivity contribution in [3.05, 3.63) is 0 Å². The molecule has 0 N–H and O–H groups in total. The number of rotatable bonds is 1. The standard InChI is InChI=1S/C5H11N.C4H10.ClH/c1-6-4-2-3-5-6;1-3-4-2;/h2-5H2,1H3;3-4H2,1-2H3;1H. The Morgan fingerprint density at radius 3 is 1.45 bits per heavy atom. The van der Waals surface area contributed by atoms with Crippen LogP contribution in [0.25, 0.3) is 0 Å². The molecule has 1 heterocycles. The fourth-order valence-corrected chi connectivity index (χ4v) is 0.875. The Labute approximate surface area is 77.6 Å². The van der Waals surface area contributed by atoms with Crippen molar-refractivity contribution in [2.75, 3.05) is 20.1 Å². The van der Waals surface area contributed by atoms with Crippen LogP contribution >= 0.6 is 12.4 Å². The summed E-state index contributed by atoms with van der Waals surface area (Å²) in [7, 11) is 2.17. The van der Waals surface area contributed by atoms with E-state index in [2.05, 4.69) is 25.8 Å². The monoisotopic (exact) mass is 179 g/mol. The van der Waals surface area contributed by atoms with Gasteiger partial charge in [-0.15, -0.1) is 12.4 Å². The SMILES string of the molecule is CCCC.CN1CCCC1.Cl. The summed E-state index contributed by atoms with van der Waals surface area (Å²) in [5.41, 5.74) is 0. The largest absolute Gasteiger partial charge is 0.306 e. The zero-order chi connectivity index (χ0) is 7.82. The summed E-state index contributed by atoms with van der Waals surface area (Å²) in [6, 6.07) is 0. The van der Waals surface area contributed by atoms with Gasteiger partial charge in [-0.2, -0.15) is 0 Å². The third-order valence-corrected chi connectivity index (χ3v) is 1.83. The lowest BCUT2D eigenvalue weighted by Crippen LogP contribution is -2.10. The van der Waals surface area contributed by atoms with E-state index in [0.717, 1.165) is 0 Å². The molecule has 1 aliphatic rings. The van der Waals surface area contributed by atoms with Crippen molar-refractivity contribution >= 4 is 12.4 Å². The Morgan fingerprint density at radius 1 is 1.00 bits per heavy atom. The van der Waals surface area contributed by atoms with Crippen LogP contribution in [0.1, 0.15) is 39.5 Å². The zero-order valence-corrected chi connectivity index (χ0v) is 8.91. The lowest BCUT2D eigenvalue weighted by molar-refractivity contribution is 0.418. The Morgan fingerprint density at radius 2 is 1.36 bits per heavy atom. The molecule has 1 aliphatic heterocycles. The summed E-state index contributed by atoms with van der Waals surface area (Å²) >= 11 is 0. The van der Waals surface area contributed by atoms with E-state index in [4.69, 9.17) is 0 Å². The van der Waals surface area contributed by atoms with Gasteiger partial charge in [-0.3, -0.25) is 0 Å². The molecular weight excluding hydrogens is 158 g/mol. The highest BCUT2D eigenvalue weighted by Crippen LogP contribution is 2.01. The zero-order valence-electron chi connectivity index (χ0n) is 8.10. The van der Waals surface area contributed by atoms with Gasteiger partial charge in [0.1, 0.15) is 0 Å². The lowest BCUT2D eigenvalue weighted by atomic mass is 10.4. The van der Waals surface area contributed by atoms with Crippen LogP contribution in [-0.4, -0.2) is 25.0 Å². The molecule has 1 rings (SSSR count). The first-order valence-electron chi connectivity index (χ1n) is 4.49. The Balaban J connectivity index is 0. The number of halogens is 1. The molecular formula is C9H22ClN. The van der Waals surface area contributed by atoms with E-state index < -0.39 is 0 Å². The summed E-state index contributed by atoms with van der Waals surface area (Å²) in [6.07, 6.45) is 5.47. The molecule has 1 nitrogen and oxygen atoms in total. The van der Waals surface area contributed by atoms with Gasteiger partial charge >= 0.3 is 0 Å². The quantitative estimate of drug-likeness (QED) is 0.599. The summed E-state index contributed by atoms with van der Waals surface area (Å²) in [5, 5.41) is 0. The predicted octanol–water partition coefficient (Wildman–Crippen LogP) is 2.94. The van der Waals surface area contributed by atoms with Crippen molar-refractivity contribution in [2.45, 2.75) is 39.5 Å². The van der Waals surface area contributed by atoms with Gasteiger partial charge in [0.05, 0.1) is 0 Å². The minimum atomic E-state index is 0. The molecule has 70 valence electrons. The maximum atomic E-state index is 2.36. The maximum Gasteiger partial charge on any atom is -0.00213 e. The molecule has 0 atom stereocenters. The number of unbranched alkanes of at least 4 members (excludes halogenated alkanes) is 1. The van der Waals surface area contributed by atoms with Crippen LogP contribution in [0.4, 0.5) is 0 Å². The minimum Gasteiger partial charge on any atom is -0.306 e. The number of likely N-dealkylation sites (tertiary alicyclic amines) is 1. The molecule has 0 unspecified atom stereocenters. The highest BCUT2D eigenvalue weighted by molar-refractivity contribution is 5.85. The van der Waals surface area contributed by atoms with Crippen molar-refractivity contribution in [3.8, 4) is 0 Å². The van der Waals surface area contributed by atoms with Gasteiger partial charge in [0.25, 0.3) is 0 Å². The van der Waals surface area contributed by atoms with E-state index in [1.165, 1.54) is 38.8 Å². The third-order valence-electron chi connectivity index (χ3n) is 1.83. The molecule has 2 heteroatoms. The van der Waals surface area contributed by atoms with E-state index >= 15 is 0 Å². The van der Waals surface area contributed by atoms with Crippen molar-refractivity contribution in [3.63, 3.8) is 0 Å². The molecule has 0 radical (unpaired) electrons. The van der Waals surface area contributed by atoms with E-state index in [1.807, 2.05) is 0 Å². The normalized spacial score (nSPS) is 16.6. The molecule has 0 aromatic rings. The van der Waals surface area contributed by atoms with Crippen LogP contribution in [-0.2, 0) is 0 Å². The maximum absolute atomic E-state index is 2.36. The Kier molecular flexibility index (Phi) is 12.9. The summed E-state index contributed by atoms with van der Waals surface area (Å²) in [4.78, 5) is 2.36. The van der Waals surface area contributed by atoms with Crippen LogP contribution in [0.15, 0.2) is 0 Å². The van der Waals surface area contributed by atoms with Crippen LogP contribution < -0.4 is 0 Å². The molecule has 0 spiro atoms. The molecule has 1 saturated heterocycles. The van der Waals surface area contributed by atoms with E-state index in [0.29, 0.717) is 0 Å². The summed E-state index contributed by atoms with van der Waals surface area (Å²) < 4.78 is 0. The minimum absolute atomic E-state index is 0. The first-order valence-corrected chi connectivity index (χ1v) is 4.49. The number of hydrogen-bond acceptors (Lipinski definition) is 1. The van der Waals surface area contributed by atoms with Crippen LogP contribution in [0.5, 0.6) is 0 Å². The Bertz CT molecular complexity index is 58.6. The molecule has 1 fully saturated rings. The number of nitrogens with zero attached hydrogens (tertiary/aromatic N) is 1. The summed E-state index contributed by atoms with van der Waals surface area (Å²) in [5.74, 6) is 0. The van der Waals surface area contributed by atoms with Gasteiger partial charge < -0.3 is 4.90 Å². The molecule has 0 aromatic carbocycles. The second-order valence-electron chi connectivity index (χ2n) is 3.01. The van der Waals surface area contributed by atoms with Crippen molar-refractivity contribution < 1.29 is 0 Å². The average Bonchev–Trinajstić information content (AvgIpc) is 2.40. The lowest BCUT2D eigenvalue weighted by Gasteiger charge is -2.01. The summed E-state index contributed by atoms with van der Waals surface area (Å²) in [6.45, 7) is 7.00. The molecule has 0 aromatic heterocycles. The first kappa shape index (κ1) is 13.8. The molecule has 0 saturated carbocycles. The van der Waals surface area contributed by atoms with Crippen LogP contribution in [0.2, 0.25) is 0 Å². The third kappa shape index (κ3) is 10.2. The van der Waals surface area contributed by atoms with Crippen molar-refractivity contribution in [1.29, 1.82) is 0 Å². The molecule has 0 bridgehead atoms. The van der Waals surface area contributed by atoms with Crippen LogP contribution in [0.3, 0.4) is 0 Å². The molecule has 11 heavy (non-hydrogen) atoms. The van der Waals surface area contributed by atoms with E-state index in [1.54, 1.807) is 0 Å². The Hall–Kier alpha value is 0.250. The van der Waals surface area contributed by atoms with Crippen molar-refractivity contribution in [2.24, 2.45) is 0 Å². The fourth-order valence-electron chi connectivity index (χ4n) is 0.875. The van der Waals surface area contributed by atoms with Gasteiger partial charge in [0, 0.05) is 0 Å². The molecule has 0 amide bonds. The van der Waals surface area contributed by atoms with Gasteiger partial charge in [-0.05, 0) is 33.0 Å². The topological polar surface area (TPSA) is 3.24 Å². The number of hydrogen-bond donors (Lipinski definition) is 0.